The summed E-state index contributed by atoms with van der Waals surface area (Å²) in [5.41, 5.74) is 7.19. The van der Waals surface area contributed by atoms with Crippen molar-refractivity contribution in [2.45, 2.75) is 46.0 Å². The van der Waals surface area contributed by atoms with E-state index in [0.29, 0.717) is 10.8 Å². The van der Waals surface area contributed by atoms with Crippen LogP contribution in [0.15, 0.2) is 0 Å². The molecule has 0 saturated heterocycles. The molecule has 14 heavy (non-hydrogen) atoms. The number of nitrogens with two attached hydrogens (primary N) is 1. The number of rotatable bonds is 1. The van der Waals surface area contributed by atoms with Crippen LogP contribution in [0, 0.1) is 28.6 Å². The van der Waals surface area contributed by atoms with E-state index in [4.69, 9.17) is 5.73 Å². The highest BCUT2D eigenvalue weighted by molar-refractivity contribution is 5.22. The van der Waals surface area contributed by atoms with Gasteiger partial charge >= 0.3 is 0 Å². The Morgan fingerprint density at radius 1 is 1.14 bits per heavy atom. The zero-order chi connectivity index (χ0) is 9.97. The predicted molar refractivity (Wildman–Crippen MR) is 58.8 cm³/mol. The molecule has 0 radical (unpaired) electrons. The van der Waals surface area contributed by atoms with Crippen molar-refractivity contribution in [3.63, 3.8) is 0 Å². The van der Waals surface area contributed by atoms with Gasteiger partial charge in [0.05, 0.1) is 0 Å². The van der Waals surface area contributed by atoms with E-state index in [2.05, 4.69) is 13.8 Å². The Hall–Kier alpha value is -0.0400. The molecule has 4 fully saturated rings. The fraction of sp³-hybridized carbons (Fsp3) is 1.00. The van der Waals surface area contributed by atoms with Crippen LogP contribution in [0.2, 0.25) is 0 Å². The van der Waals surface area contributed by atoms with Crippen LogP contribution in [0.25, 0.3) is 0 Å². The predicted octanol–water partition coefficient (Wildman–Crippen LogP) is 2.80. The van der Waals surface area contributed by atoms with Crippen molar-refractivity contribution in [1.29, 1.82) is 0 Å². The minimum atomic E-state index is 0.561. The van der Waals surface area contributed by atoms with Crippen LogP contribution in [0.5, 0.6) is 0 Å². The Kier molecular flexibility index (Phi) is 1.68. The fourth-order valence-electron chi connectivity index (χ4n) is 5.25. The Bertz CT molecular complexity index is 250. The molecule has 1 spiro atoms. The van der Waals surface area contributed by atoms with Crippen molar-refractivity contribution in [3.8, 4) is 0 Å². The van der Waals surface area contributed by atoms with Crippen molar-refractivity contribution in [2.24, 2.45) is 34.3 Å². The minimum Gasteiger partial charge on any atom is -0.330 e. The molecule has 4 aliphatic rings. The average molecular weight is 193 g/mol. The molecule has 0 heterocycles. The van der Waals surface area contributed by atoms with Gasteiger partial charge in [0.1, 0.15) is 0 Å². The molecule has 4 saturated carbocycles. The highest BCUT2D eigenvalue weighted by atomic mass is 14.8. The lowest BCUT2D eigenvalue weighted by molar-refractivity contribution is 0.0482. The summed E-state index contributed by atoms with van der Waals surface area (Å²) in [6, 6.07) is 0. The Balaban J connectivity index is 1.92. The van der Waals surface area contributed by atoms with Crippen LogP contribution in [0.1, 0.15) is 46.0 Å². The molecular weight excluding hydrogens is 170 g/mol. The average Bonchev–Trinajstić information content (AvgIpc) is 2.63. The van der Waals surface area contributed by atoms with Crippen molar-refractivity contribution >= 4 is 0 Å². The lowest BCUT2D eigenvalue weighted by atomic mass is 9.60. The van der Waals surface area contributed by atoms with E-state index in [-0.39, 0.29) is 0 Å². The number of hydrogen-bond acceptors (Lipinski definition) is 1. The molecule has 1 heteroatoms. The SMILES string of the molecule is CC1(C)C(CN)C12CC1CCC2CC1. The van der Waals surface area contributed by atoms with Crippen LogP contribution in [-0.4, -0.2) is 6.54 Å². The summed E-state index contributed by atoms with van der Waals surface area (Å²) in [4.78, 5) is 0. The maximum atomic E-state index is 5.95. The third kappa shape index (κ3) is 0.816. The van der Waals surface area contributed by atoms with Gasteiger partial charge in [0.2, 0.25) is 0 Å². The second-order valence-electron chi connectivity index (χ2n) is 6.47. The summed E-state index contributed by atoms with van der Waals surface area (Å²) in [6.07, 6.45) is 7.54. The van der Waals surface area contributed by atoms with Crippen LogP contribution >= 0.6 is 0 Å². The van der Waals surface area contributed by atoms with E-state index in [1.165, 1.54) is 32.1 Å². The maximum Gasteiger partial charge on any atom is -0.00379 e. The van der Waals surface area contributed by atoms with Gasteiger partial charge < -0.3 is 5.73 Å². The van der Waals surface area contributed by atoms with Crippen molar-refractivity contribution in [1.82, 2.24) is 0 Å². The second kappa shape index (κ2) is 2.55. The maximum absolute atomic E-state index is 5.95. The smallest absolute Gasteiger partial charge is 0.00379 e. The highest BCUT2D eigenvalue weighted by Gasteiger charge is 2.74. The topological polar surface area (TPSA) is 26.0 Å². The molecule has 2 atom stereocenters. The molecule has 0 aliphatic heterocycles. The molecule has 1 nitrogen and oxygen atoms in total. The Morgan fingerprint density at radius 2 is 1.79 bits per heavy atom. The van der Waals surface area contributed by atoms with E-state index < -0.39 is 0 Å². The molecule has 0 aromatic carbocycles. The third-order valence-corrected chi connectivity index (χ3v) is 6.05. The third-order valence-electron chi connectivity index (χ3n) is 6.05. The number of hydrogen-bond donors (Lipinski definition) is 1. The largest absolute Gasteiger partial charge is 0.330 e. The summed E-state index contributed by atoms with van der Waals surface area (Å²) in [5, 5.41) is 0. The zero-order valence-corrected chi connectivity index (χ0v) is 9.55. The van der Waals surface area contributed by atoms with E-state index >= 15 is 0 Å². The first kappa shape index (κ1) is 9.21. The Labute approximate surface area is 87.4 Å². The molecule has 80 valence electrons. The van der Waals surface area contributed by atoms with E-state index in [0.717, 1.165) is 24.3 Å². The molecule has 4 rings (SSSR count). The van der Waals surface area contributed by atoms with Gasteiger partial charge in [0.15, 0.2) is 0 Å². The first-order valence-electron chi connectivity index (χ1n) is 6.33. The van der Waals surface area contributed by atoms with Gasteiger partial charge in [-0.25, -0.2) is 0 Å². The zero-order valence-electron chi connectivity index (χ0n) is 9.55. The summed E-state index contributed by atoms with van der Waals surface area (Å²) in [6.45, 7) is 5.85. The van der Waals surface area contributed by atoms with Gasteiger partial charge in [-0.1, -0.05) is 26.7 Å². The normalized spacial score (nSPS) is 53.8. The molecule has 4 aliphatic carbocycles. The lowest BCUT2D eigenvalue weighted by Crippen LogP contribution is -2.36. The van der Waals surface area contributed by atoms with Gasteiger partial charge in [-0.2, -0.15) is 0 Å². The lowest BCUT2D eigenvalue weighted by Gasteiger charge is -2.45. The summed E-state index contributed by atoms with van der Waals surface area (Å²) < 4.78 is 0. The quantitative estimate of drug-likeness (QED) is 0.681. The molecule has 0 aromatic heterocycles. The van der Waals surface area contributed by atoms with Gasteiger partial charge in [-0.15, -0.1) is 0 Å². The first-order valence-corrected chi connectivity index (χ1v) is 6.33. The van der Waals surface area contributed by atoms with Crippen LogP contribution in [0.3, 0.4) is 0 Å². The van der Waals surface area contributed by atoms with Gasteiger partial charge in [-0.05, 0) is 54.4 Å². The highest BCUT2D eigenvalue weighted by Crippen LogP contribution is 2.79. The molecular formula is C13H23N. The molecule has 0 aromatic rings. The van der Waals surface area contributed by atoms with Gasteiger partial charge in [0, 0.05) is 0 Å². The Morgan fingerprint density at radius 3 is 2.14 bits per heavy atom. The van der Waals surface area contributed by atoms with Gasteiger partial charge in [0.25, 0.3) is 0 Å². The molecule has 2 bridgehead atoms. The van der Waals surface area contributed by atoms with Crippen LogP contribution in [0.4, 0.5) is 0 Å². The van der Waals surface area contributed by atoms with Crippen molar-refractivity contribution in [2.75, 3.05) is 6.54 Å². The molecule has 2 unspecified atom stereocenters. The standard InChI is InChI=1S/C13H23N/c1-12(2)11(8-14)13(12)7-9-3-5-10(13)6-4-9/h9-11H,3-8,14H2,1-2H3. The molecule has 0 amide bonds. The summed E-state index contributed by atoms with van der Waals surface area (Å²) in [7, 11) is 0. The van der Waals surface area contributed by atoms with Crippen LogP contribution < -0.4 is 5.73 Å². The van der Waals surface area contributed by atoms with E-state index in [1.807, 2.05) is 0 Å². The van der Waals surface area contributed by atoms with Crippen molar-refractivity contribution < 1.29 is 0 Å². The second-order valence-corrected chi connectivity index (χ2v) is 6.47. The first-order chi connectivity index (χ1) is 6.63. The van der Waals surface area contributed by atoms with Gasteiger partial charge in [-0.3, -0.25) is 0 Å². The monoisotopic (exact) mass is 193 g/mol. The van der Waals surface area contributed by atoms with Crippen molar-refractivity contribution in [3.05, 3.63) is 0 Å². The minimum absolute atomic E-state index is 0.561. The van der Waals surface area contributed by atoms with Crippen LogP contribution in [-0.2, 0) is 0 Å². The fourth-order valence-corrected chi connectivity index (χ4v) is 5.25. The summed E-state index contributed by atoms with van der Waals surface area (Å²) >= 11 is 0. The van der Waals surface area contributed by atoms with E-state index in [1.54, 1.807) is 0 Å². The molecule has 2 N–H and O–H groups in total. The number of fused-ring (bicyclic) bond motifs is 2. The summed E-state index contributed by atoms with van der Waals surface area (Å²) in [5.74, 6) is 2.91. The van der Waals surface area contributed by atoms with E-state index in [9.17, 15) is 0 Å².